The summed E-state index contributed by atoms with van der Waals surface area (Å²) in [6.45, 7) is 0. The molecule has 0 bridgehead atoms. The van der Waals surface area contributed by atoms with E-state index in [4.69, 9.17) is 23.8 Å². The molecular formula is C18H16ClN3O2S. The molecule has 0 saturated heterocycles. The number of hydrogen-bond acceptors (Lipinski definition) is 3. The van der Waals surface area contributed by atoms with Crippen molar-refractivity contribution in [1.29, 1.82) is 0 Å². The van der Waals surface area contributed by atoms with Gasteiger partial charge in [0.05, 0.1) is 6.42 Å². The van der Waals surface area contributed by atoms with Crippen LogP contribution in [0, 0.1) is 0 Å². The van der Waals surface area contributed by atoms with Crippen LogP contribution in [0.4, 0.5) is 0 Å². The number of benzene rings is 2. The Bertz CT molecular complexity index is 777. The average Bonchev–Trinajstić information content (AvgIpc) is 2.61. The molecule has 3 N–H and O–H groups in total. The number of thiocarbonyl (C=S) groups is 1. The lowest BCUT2D eigenvalue weighted by atomic mass is 10.1. The van der Waals surface area contributed by atoms with Crippen molar-refractivity contribution in [2.45, 2.75) is 6.42 Å². The second kappa shape index (κ2) is 9.56. The van der Waals surface area contributed by atoms with Crippen LogP contribution >= 0.6 is 23.8 Å². The van der Waals surface area contributed by atoms with E-state index >= 15 is 0 Å². The van der Waals surface area contributed by atoms with E-state index < -0.39 is 5.91 Å². The standard InChI is InChI=1S/C18H16ClN3O2S/c19-15-9-6-14(7-10-15)12-17(24)21-22-18(25)20-16(23)11-8-13-4-2-1-3-5-13/h1-11H,12H2,(H,21,24)(H2,20,22,23,25)/b11-8+. The first-order valence-corrected chi connectivity index (χ1v) is 8.19. The molecule has 2 rings (SSSR count). The second-order valence-electron chi connectivity index (χ2n) is 5.04. The van der Waals surface area contributed by atoms with Crippen LogP contribution in [0.3, 0.4) is 0 Å². The van der Waals surface area contributed by atoms with E-state index in [1.165, 1.54) is 6.08 Å². The van der Waals surface area contributed by atoms with Crippen molar-refractivity contribution in [2.75, 3.05) is 0 Å². The minimum absolute atomic E-state index is 0.00664. The Hall–Kier alpha value is -2.70. The fourth-order valence-corrected chi connectivity index (χ4v) is 2.16. The van der Waals surface area contributed by atoms with Gasteiger partial charge in [-0.25, -0.2) is 0 Å². The van der Waals surface area contributed by atoms with Crippen LogP contribution in [0.2, 0.25) is 5.02 Å². The van der Waals surface area contributed by atoms with Gasteiger partial charge in [0.25, 0.3) is 0 Å². The quantitative estimate of drug-likeness (QED) is 0.438. The zero-order valence-corrected chi connectivity index (χ0v) is 14.7. The van der Waals surface area contributed by atoms with Crippen molar-refractivity contribution in [1.82, 2.24) is 16.2 Å². The van der Waals surface area contributed by atoms with Crippen molar-refractivity contribution in [3.05, 3.63) is 76.8 Å². The number of nitrogens with one attached hydrogen (secondary N) is 3. The van der Waals surface area contributed by atoms with E-state index in [1.54, 1.807) is 30.3 Å². The van der Waals surface area contributed by atoms with Gasteiger partial charge in [-0.3, -0.25) is 25.8 Å². The first-order chi connectivity index (χ1) is 12.0. The van der Waals surface area contributed by atoms with E-state index in [2.05, 4.69) is 16.2 Å². The third kappa shape index (κ3) is 7.15. The van der Waals surface area contributed by atoms with Crippen LogP contribution in [-0.2, 0) is 16.0 Å². The van der Waals surface area contributed by atoms with Gasteiger partial charge < -0.3 is 0 Å². The van der Waals surface area contributed by atoms with Crippen LogP contribution in [0.1, 0.15) is 11.1 Å². The topological polar surface area (TPSA) is 70.2 Å². The van der Waals surface area contributed by atoms with Crippen molar-refractivity contribution < 1.29 is 9.59 Å². The molecule has 0 aromatic heterocycles. The molecule has 0 atom stereocenters. The van der Waals surface area contributed by atoms with Gasteiger partial charge in [-0.15, -0.1) is 0 Å². The summed E-state index contributed by atoms with van der Waals surface area (Å²) in [6.07, 6.45) is 3.19. The molecule has 0 radical (unpaired) electrons. The van der Waals surface area contributed by atoms with Crippen LogP contribution in [0.15, 0.2) is 60.7 Å². The molecule has 0 aliphatic heterocycles. The van der Waals surface area contributed by atoms with Gasteiger partial charge in [0, 0.05) is 11.1 Å². The Morgan fingerprint density at radius 2 is 1.68 bits per heavy atom. The highest BCUT2D eigenvalue weighted by atomic mass is 35.5. The molecule has 128 valence electrons. The highest BCUT2D eigenvalue weighted by Gasteiger charge is 2.05. The number of carbonyl (C=O) groups excluding carboxylic acids is 2. The third-order valence-corrected chi connectivity index (χ3v) is 3.51. The summed E-state index contributed by atoms with van der Waals surface area (Å²) in [5.41, 5.74) is 6.61. The Labute approximate surface area is 156 Å². The van der Waals surface area contributed by atoms with Crippen molar-refractivity contribution in [2.24, 2.45) is 0 Å². The third-order valence-electron chi connectivity index (χ3n) is 3.06. The number of rotatable bonds is 4. The van der Waals surface area contributed by atoms with E-state index in [1.807, 2.05) is 30.3 Å². The van der Waals surface area contributed by atoms with Gasteiger partial charge in [-0.2, -0.15) is 0 Å². The average molecular weight is 374 g/mol. The smallest absolute Gasteiger partial charge is 0.250 e. The Kier molecular flexibility index (Phi) is 7.13. The fraction of sp³-hybridized carbons (Fsp3) is 0.0556. The molecule has 2 aromatic rings. The monoisotopic (exact) mass is 373 g/mol. The number of amides is 2. The lowest BCUT2D eigenvalue weighted by molar-refractivity contribution is -0.121. The molecule has 2 amide bonds. The molecule has 2 aromatic carbocycles. The summed E-state index contributed by atoms with van der Waals surface area (Å²) in [4.78, 5) is 23.5. The number of hydrogen-bond donors (Lipinski definition) is 3. The molecule has 0 heterocycles. The molecule has 0 fully saturated rings. The second-order valence-corrected chi connectivity index (χ2v) is 5.88. The van der Waals surface area contributed by atoms with Crippen molar-refractivity contribution in [3.63, 3.8) is 0 Å². The summed E-state index contributed by atoms with van der Waals surface area (Å²) in [7, 11) is 0. The van der Waals surface area contributed by atoms with Gasteiger partial charge >= 0.3 is 0 Å². The van der Waals surface area contributed by atoms with E-state index in [0.29, 0.717) is 5.02 Å². The minimum atomic E-state index is -0.395. The number of hydrazine groups is 1. The van der Waals surface area contributed by atoms with E-state index in [-0.39, 0.29) is 17.4 Å². The zero-order valence-electron chi connectivity index (χ0n) is 13.2. The van der Waals surface area contributed by atoms with E-state index in [0.717, 1.165) is 11.1 Å². The molecule has 0 spiro atoms. The minimum Gasteiger partial charge on any atom is -0.298 e. The zero-order chi connectivity index (χ0) is 18.1. The first kappa shape index (κ1) is 18.6. The summed E-state index contributed by atoms with van der Waals surface area (Å²) >= 11 is 10.7. The Morgan fingerprint density at radius 1 is 1.00 bits per heavy atom. The molecular weight excluding hydrogens is 358 g/mol. The lowest BCUT2D eigenvalue weighted by Crippen LogP contribution is -2.48. The predicted molar refractivity (Wildman–Crippen MR) is 103 cm³/mol. The van der Waals surface area contributed by atoms with Crippen LogP contribution in [-0.4, -0.2) is 16.9 Å². The molecule has 0 aliphatic rings. The maximum atomic E-state index is 11.8. The summed E-state index contributed by atoms with van der Waals surface area (Å²) in [6, 6.07) is 16.3. The maximum absolute atomic E-state index is 11.8. The van der Waals surface area contributed by atoms with Crippen LogP contribution in [0.5, 0.6) is 0 Å². The van der Waals surface area contributed by atoms with Crippen molar-refractivity contribution in [3.8, 4) is 0 Å². The number of halogens is 1. The maximum Gasteiger partial charge on any atom is 0.250 e. The largest absolute Gasteiger partial charge is 0.298 e. The molecule has 0 aliphatic carbocycles. The number of carbonyl (C=O) groups is 2. The normalized spacial score (nSPS) is 10.3. The first-order valence-electron chi connectivity index (χ1n) is 7.40. The van der Waals surface area contributed by atoms with Crippen molar-refractivity contribution >= 4 is 46.8 Å². The highest BCUT2D eigenvalue weighted by molar-refractivity contribution is 7.80. The Balaban J connectivity index is 1.72. The summed E-state index contributed by atoms with van der Waals surface area (Å²) in [5, 5.41) is 3.05. The van der Waals surface area contributed by atoms with Crippen LogP contribution < -0.4 is 16.2 Å². The summed E-state index contributed by atoms with van der Waals surface area (Å²) < 4.78 is 0. The van der Waals surface area contributed by atoms with Gasteiger partial charge in [0.15, 0.2) is 5.11 Å². The molecule has 7 heteroatoms. The SMILES string of the molecule is O=C(/C=C/c1ccccc1)NC(=S)NNC(=O)Cc1ccc(Cl)cc1. The van der Waals surface area contributed by atoms with Gasteiger partial charge in [0.1, 0.15) is 0 Å². The molecule has 25 heavy (non-hydrogen) atoms. The molecule has 5 nitrogen and oxygen atoms in total. The molecule has 0 unspecified atom stereocenters. The molecule has 0 saturated carbocycles. The highest BCUT2D eigenvalue weighted by Crippen LogP contribution is 2.09. The van der Waals surface area contributed by atoms with Gasteiger partial charge in [0.2, 0.25) is 11.8 Å². The lowest BCUT2D eigenvalue weighted by Gasteiger charge is -2.09. The van der Waals surface area contributed by atoms with Crippen LogP contribution in [0.25, 0.3) is 6.08 Å². The Morgan fingerprint density at radius 3 is 2.36 bits per heavy atom. The summed E-state index contributed by atoms with van der Waals surface area (Å²) in [5.74, 6) is -0.688. The fourth-order valence-electron chi connectivity index (χ4n) is 1.88. The van der Waals surface area contributed by atoms with Gasteiger partial charge in [-0.1, -0.05) is 54.1 Å². The van der Waals surface area contributed by atoms with E-state index in [9.17, 15) is 9.59 Å². The predicted octanol–water partition coefficient (Wildman–Crippen LogP) is 2.62. The van der Waals surface area contributed by atoms with Gasteiger partial charge in [-0.05, 0) is 41.6 Å².